The Balaban J connectivity index is 1.68. The summed E-state index contributed by atoms with van der Waals surface area (Å²) in [5.41, 5.74) is 9.46. The van der Waals surface area contributed by atoms with Crippen molar-refractivity contribution in [2.75, 3.05) is 18.8 Å². The molecule has 2 fully saturated rings. The number of rotatable bonds is 5. The Kier molecular flexibility index (Phi) is 5.32. The van der Waals surface area contributed by atoms with Crippen molar-refractivity contribution >= 4 is 10.0 Å². The van der Waals surface area contributed by atoms with Crippen LogP contribution in [0.2, 0.25) is 0 Å². The van der Waals surface area contributed by atoms with E-state index < -0.39 is 10.0 Å². The van der Waals surface area contributed by atoms with Gasteiger partial charge >= 0.3 is 0 Å². The third-order valence-corrected chi connectivity index (χ3v) is 7.80. The third kappa shape index (κ3) is 3.67. The SMILES string of the molecule is CCS(=O)(=O)N1CCC2NNC(C(c3ccccc3)c3ccccc3)C2C1. The molecule has 0 bridgehead atoms. The standard InChI is InChI=1S/C21H27N3O2S/c1-2-27(25,26)24-14-13-19-18(15-24)21(23-22-19)20(16-9-5-3-6-10-16)17-11-7-4-8-12-17/h3-12,18-23H,2,13-15H2,1H3. The first-order chi connectivity index (χ1) is 13.1. The predicted molar refractivity (Wildman–Crippen MR) is 108 cm³/mol. The van der Waals surface area contributed by atoms with Gasteiger partial charge in [0, 0.05) is 37.0 Å². The second kappa shape index (κ2) is 7.72. The summed E-state index contributed by atoms with van der Waals surface area (Å²) in [6.45, 7) is 2.89. The molecule has 0 radical (unpaired) electrons. The van der Waals surface area contributed by atoms with Crippen molar-refractivity contribution in [3.8, 4) is 0 Å². The van der Waals surface area contributed by atoms with E-state index in [9.17, 15) is 8.42 Å². The van der Waals surface area contributed by atoms with Gasteiger partial charge in [-0.1, -0.05) is 60.7 Å². The normalized spacial score (nSPS) is 26.2. The highest BCUT2D eigenvalue weighted by molar-refractivity contribution is 7.89. The first-order valence-corrected chi connectivity index (χ1v) is 11.3. The van der Waals surface area contributed by atoms with Gasteiger partial charge in [-0.05, 0) is 24.5 Å². The van der Waals surface area contributed by atoms with Crippen LogP contribution in [0.1, 0.15) is 30.4 Å². The summed E-state index contributed by atoms with van der Waals surface area (Å²) in [5.74, 6) is 0.557. The zero-order valence-corrected chi connectivity index (χ0v) is 16.4. The molecule has 144 valence electrons. The van der Waals surface area contributed by atoms with Crippen molar-refractivity contribution in [1.29, 1.82) is 0 Å². The van der Waals surface area contributed by atoms with E-state index in [2.05, 4.69) is 59.4 Å². The van der Waals surface area contributed by atoms with Gasteiger partial charge in [0.2, 0.25) is 10.0 Å². The van der Waals surface area contributed by atoms with Gasteiger partial charge in [-0.15, -0.1) is 0 Å². The minimum atomic E-state index is -3.16. The summed E-state index contributed by atoms with van der Waals surface area (Å²) >= 11 is 0. The average Bonchev–Trinajstić information content (AvgIpc) is 3.13. The average molecular weight is 386 g/mol. The number of hydrogen-bond acceptors (Lipinski definition) is 4. The minimum Gasteiger partial charge on any atom is -0.254 e. The summed E-state index contributed by atoms with van der Waals surface area (Å²) in [6.07, 6.45) is 0.837. The molecule has 2 aromatic rings. The van der Waals surface area contributed by atoms with Gasteiger partial charge in [0.25, 0.3) is 0 Å². The summed E-state index contributed by atoms with van der Waals surface area (Å²) in [7, 11) is -3.16. The maximum atomic E-state index is 12.4. The van der Waals surface area contributed by atoms with Crippen LogP contribution >= 0.6 is 0 Å². The fourth-order valence-corrected chi connectivity index (χ4v) is 5.65. The molecule has 2 heterocycles. The first kappa shape index (κ1) is 18.6. The molecule has 0 saturated carbocycles. The summed E-state index contributed by atoms with van der Waals surface area (Å²) in [5, 5.41) is 0. The van der Waals surface area contributed by atoms with Crippen LogP contribution in [0.3, 0.4) is 0 Å². The third-order valence-electron chi connectivity index (χ3n) is 5.95. The maximum absolute atomic E-state index is 12.4. The molecule has 3 atom stereocenters. The zero-order chi connectivity index (χ0) is 18.9. The molecule has 0 spiro atoms. The number of nitrogens with one attached hydrogen (secondary N) is 2. The van der Waals surface area contributed by atoms with E-state index >= 15 is 0 Å². The molecule has 4 rings (SSSR count). The molecule has 0 aromatic heterocycles. The maximum Gasteiger partial charge on any atom is 0.213 e. The van der Waals surface area contributed by atoms with E-state index in [1.165, 1.54) is 11.1 Å². The van der Waals surface area contributed by atoms with Crippen molar-refractivity contribution in [1.82, 2.24) is 15.2 Å². The van der Waals surface area contributed by atoms with Gasteiger partial charge in [-0.3, -0.25) is 10.9 Å². The molecule has 3 unspecified atom stereocenters. The molecule has 5 nitrogen and oxygen atoms in total. The number of hydrogen-bond donors (Lipinski definition) is 2. The van der Waals surface area contributed by atoms with Gasteiger partial charge in [0.15, 0.2) is 0 Å². The number of hydrazine groups is 1. The molecule has 2 aliphatic rings. The molecule has 0 aliphatic carbocycles. The van der Waals surface area contributed by atoms with Crippen LogP contribution in [0.25, 0.3) is 0 Å². The number of fused-ring (bicyclic) bond motifs is 1. The van der Waals surface area contributed by atoms with Gasteiger partial charge in [-0.2, -0.15) is 0 Å². The highest BCUT2D eigenvalue weighted by atomic mass is 32.2. The number of benzene rings is 2. The second-order valence-electron chi connectivity index (χ2n) is 7.43. The molecule has 2 N–H and O–H groups in total. The lowest BCUT2D eigenvalue weighted by molar-refractivity contribution is 0.228. The fraction of sp³-hybridized carbons (Fsp3) is 0.429. The largest absolute Gasteiger partial charge is 0.254 e. The fourth-order valence-electron chi connectivity index (χ4n) is 4.50. The van der Waals surface area contributed by atoms with Gasteiger partial charge in [0.05, 0.1) is 5.75 Å². The van der Waals surface area contributed by atoms with Crippen LogP contribution in [-0.2, 0) is 10.0 Å². The van der Waals surface area contributed by atoms with Crippen LogP contribution < -0.4 is 10.9 Å². The first-order valence-electron chi connectivity index (χ1n) is 9.69. The Labute approximate surface area is 161 Å². The highest BCUT2D eigenvalue weighted by Gasteiger charge is 2.45. The molecular weight excluding hydrogens is 358 g/mol. The number of piperidine rings is 1. The second-order valence-corrected chi connectivity index (χ2v) is 9.69. The van der Waals surface area contributed by atoms with Crippen LogP contribution in [-0.4, -0.2) is 43.6 Å². The predicted octanol–water partition coefficient (Wildman–Crippen LogP) is 2.34. The lowest BCUT2D eigenvalue weighted by atomic mass is 9.76. The summed E-state index contributed by atoms with van der Waals surface area (Å²) in [4.78, 5) is 0. The van der Waals surface area contributed by atoms with Crippen LogP contribution in [0.15, 0.2) is 60.7 Å². The number of nitrogens with zero attached hydrogens (tertiary/aromatic N) is 1. The van der Waals surface area contributed by atoms with Gasteiger partial charge in [0.1, 0.15) is 0 Å². The monoisotopic (exact) mass is 385 g/mol. The van der Waals surface area contributed by atoms with Crippen molar-refractivity contribution in [2.45, 2.75) is 31.3 Å². The molecule has 2 aliphatic heterocycles. The molecular formula is C21H27N3O2S. The van der Waals surface area contributed by atoms with Gasteiger partial charge < -0.3 is 0 Å². The Morgan fingerprint density at radius 3 is 2.15 bits per heavy atom. The zero-order valence-electron chi connectivity index (χ0n) is 15.6. The Bertz CT molecular complexity index is 818. The van der Waals surface area contributed by atoms with E-state index in [0.717, 1.165) is 6.42 Å². The van der Waals surface area contributed by atoms with E-state index in [0.29, 0.717) is 19.1 Å². The molecule has 0 amide bonds. The van der Waals surface area contributed by atoms with Crippen molar-refractivity contribution in [2.24, 2.45) is 5.92 Å². The van der Waals surface area contributed by atoms with Gasteiger partial charge in [-0.25, -0.2) is 12.7 Å². The highest BCUT2D eigenvalue weighted by Crippen LogP contribution is 2.37. The van der Waals surface area contributed by atoms with Crippen molar-refractivity contribution in [3.63, 3.8) is 0 Å². The molecule has 2 saturated heterocycles. The van der Waals surface area contributed by atoms with E-state index in [1.54, 1.807) is 11.2 Å². The van der Waals surface area contributed by atoms with Crippen LogP contribution in [0.4, 0.5) is 0 Å². The Hall–Kier alpha value is -1.73. The molecule has 27 heavy (non-hydrogen) atoms. The van der Waals surface area contributed by atoms with Crippen molar-refractivity contribution in [3.05, 3.63) is 71.8 Å². The van der Waals surface area contributed by atoms with Crippen LogP contribution in [0, 0.1) is 5.92 Å². The minimum absolute atomic E-state index is 0.134. The number of sulfonamides is 1. The summed E-state index contributed by atoms with van der Waals surface area (Å²) in [6, 6.07) is 21.4. The van der Waals surface area contributed by atoms with E-state index in [-0.39, 0.29) is 23.6 Å². The molecule has 6 heteroatoms. The lowest BCUT2D eigenvalue weighted by Crippen LogP contribution is -2.49. The molecule has 2 aromatic carbocycles. The van der Waals surface area contributed by atoms with Crippen LogP contribution in [0.5, 0.6) is 0 Å². The topological polar surface area (TPSA) is 61.4 Å². The van der Waals surface area contributed by atoms with Crippen molar-refractivity contribution < 1.29 is 8.42 Å². The lowest BCUT2D eigenvalue weighted by Gasteiger charge is -2.37. The Morgan fingerprint density at radius 1 is 1.00 bits per heavy atom. The van der Waals surface area contributed by atoms with E-state index in [1.807, 2.05) is 12.1 Å². The van der Waals surface area contributed by atoms with E-state index in [4.69, 9.17) is 0 Å². The Morgan fingerprint density at radius 2 is 1.59 bits per heavy atom. The summed E-state index contributed by atoms with van der Waals surface area (Å²) < 4.78 is 26.6. The quantitative estimate of drug-likeness (QED) is 0.829. The smallest absolute Gasteiger partial charge is 0.213 e.